The molecule has 84 valence electrons. The van der Waals surface area contributed by atoms with Crippen molar-refractivity contribution in [3.05, 3.63) is 29.8 Å². The number of aromatic nitrogens is 1. The Hall–Kier alpha value is -1.55. The van der Waals surface area contributed by atoms with E-state index in [2.05, 4.69) is 24.0 Å². The minimum absolute atomic E-state index is 0.776. The number of anilines is 2. The first-order valence-electron chi connectivity index (χ1n) is 5.09. The maximum Gasteiger partial charge on any atom is 0.187 e. The number of nitrogens with zero attached hydrogens (tertiary/aromatic N) is 2. The number of hydrogen-bond donors (Lipinski definition) is 1. The van der Waals surface area contributed by atoms with Crippen LogP contribution in [0.5, 0.6) is 0 Å². The summed E-state index contributed by atoms with van der Waals surface area (Å²) in [5.41, 5.74) is 9.22. The molecule has 0 spiro atoms. The van der Waals surface area contributed by atoms with Crippen LogP contribution in [0.1, 0.15) is 5.56 Å². The van der Waals surface area contributed by atoms with E-state index >= 15 is 0 Å². The molecule has 2 rings (SSSR count). The molecule has 1 aromatic heterocycles. The van der Waals surface area contributed by atoms with Gasteiger partial charge in [0.2, 0.25) is 0 Å². The maximum atomic E-state index is 6.01. The Kier molecular flexibility index (Phi) is 2.83. The molecule has 2 aromatic rings. The van der Waals surface area contributed by atoms with Crippen molar-refractivity contribution in [2.45, 2.75) is 6.92 Å². The average Bonchev–Trinajstić information content (AvgIpc) is 2.61. The number of rotatable bonds is 2. The van der Waals surface area contributed by atoms with Crippen LogP contribution in [0.2, 0.25) is 0 Å². The molecule has 0 aliphatic heterocycles. The van der Waals surface area contributed by atoms with Gasteiger partial charge >= 0.3 is 0 Å². The number of nitrogen functional groups attached to an aromatic ring is 1. The van der Waals surface area contributed by atoms with Gasteiger partial charge in [-0.2, -0.15) is 0 Å². The number of thiazole rings is 1. The Morgan fingerprint density at radius 3 is 2.50 bits per heavy atom. The Morgan fingerprint density at radius 2 is 1.94 bits per heavy atom. The van der Waals surface area contributed by atoms with Crippen LogP contribution in [-0.4, -0.2) is 19.1 Å². The van der Waals surface area contributed by atoms with Gasteiger partial charge in [0.1, 0.15) is 10.7 Å². The molecular formula is C12H15N3S. The Balaban J connectivity index is 2.52. The zero-order valence-electron chi connectivity index (χ0n) is 9.69. The predicted octanol–water partition coefficient (Wildman–Crippen LogP) is 2.77. The van der Waals surface area contributed by atoms with Gasteiger partial charge in [0.25, 0.3) is 0 Å². The molecule has 16 heavy (non-hydrogen) atoms. The van der Waals surface area contributed by atoms with Gasteiger partial charge in [0.15, 0.2) is 5.13 Å². The molecule has 0 bridgehead atoms. The standard InChI is InChI=1S/C12H15N3S/c1-8-6-4-5-7-9(8)10-11(13)16-12(14-10)15(2)3/h4-7H,13H2,1-3H3. The Bertz CT molecular complexity index is 503. The van der Waals surface area contributed by atoms with Crippen LogP contribution in [0.4, 0.5) is 10.1 Å². The molecule has 0 radical (unpaired) electrons. The summed E-state index contributed by atoms with van der Waals surface area (Å²) in [5.74, 6) is 0. The molecule has 0 aliphatic carbocycles. The van der Waals surface area contributed by atoms with Crippen LogP contribution in [-0.2, 0) is 0 Å². The van der Waals surface area contributed by atoms with Crippen LogP contribution in [0.3, 0.4) is 0 Å². The summed E-state index contributed by atoms with van der Waals surface area (Å²) in [6.45, 7) is 2.07. The maximum absolute atomic E-state index is 6.01. The summed E-state index contributed by atoms with van der Waals surface area (Å²) < 4.78 is 0. The van der Waals surface area contributed by atoms with Crippen LogP contribution in [0.15, 0.2) is 24.3 Å². The third-order valence-electron chi connectivity index (χ3n) is 2.42. The zero-order valence-corrected chi connectivity index (χ0v) is 10.5. The van der Waals surface area contributed by atoms with Crippen LogP contribution >= 0.6 is 11.3 Å². The zero-order chi connectivity index (χ0) is 11.7. The largest absolute Gasteiger partial charge is 0.389 e. The second kappa shape index (κ2) is 4.14. The molecule has 4 heteroatoms. The van der Waals surface area contributed by atoms with Gasteiger partial charge in [-0.25, -0.2) is 4.98 Å². The normalized spacial score (nSPS) is 10.4. The first-order chi connectivity index (χ1) is 7.59. The van der Waals surface area contributed by atoms with Crippen molar-refractivity contribution < 1.29 is 0 Å². The van der Waals surface area contributed by atoms with Gasteiger partial charge < -0.3 is 10.6 Å². The van der Waals surface area contributed by atoms with Gasteiger partial charge in [-0.15, -0.1) is 0 Å². The molecule has 0 saturated heterocycles. The van der Waals surface area contributed by atoms with E-state index in [1.165, 1.54) is 16.9 Å². The molecule has 0 fully saturated rings. The molecule has 0 amide bonds. The predicted molar refractivity (Wildman–Crippen MR) is 71.0 cm³/mol. The van der Waals surface area contributed by atoms with E-state index < -0.39 is 0 Å². The fourth-order valence-corrected chi connectivity index (χ4v) is 2.31. The van der Waals surface area contributed by atoms with Crippen molar-refractivity contribution in [3.8, 4) is 11.3 Å². The molecule has 0 atom stereocenters. The fourth-order valence-electron chi connectivity index (χ4n) is 1.54. The number of nitrogens with two attached hydrogens (primary N) is 1. The number of hydrogen-bond acceptors (Lipinski definition) is 4. The highest BCUT2D eigenvalue weighted by Gasteiger charge is 2.12. The van der Waals surface area contributed by atoms with E-state index in [-0.39, 0.29) is 0 Å². The highest BCUT2D eigenvalue weighted by molar-refractivity contribution is 7.19. The van der Waals surface area contributed by atoms with Gasteiger partial charge in [-0.05, 0) is 12.5 Å². The summed E-state index contributed by atoms with van der Waals surface area (Å²) in [6.07, 6.45) is 0. The second-order valence-corrected chi connectivity index (χ2v) is 4.93. The molecule has 3 nitrogen and oxygen atoms in total. The molecule has 0 unspecified atom stereocenters. The smallest absolute Gasteiger partial charge is 0.187 e. The molecule has 1 aromatic carbocycles. The van der Waals surface area contributed by atoms with Crippen LogP contribution in [0, 0.1) is 6.92 Å². The lowest BCUT2D eigenvalue weighted by Gasteiger charge is -2.05. The van der Waals surface area contributed by atoms with E-state index in [1.807, 2.05) is 31.1 Å². The van der Waals surface area contributed by atoms with Gasteiger partial charge in [-0.3, -0.25) is 0 Å². The SMILES string of the molecule is Cc1ccccc1-c1nc(N(C)C)sc1N. The van der Waals surface area contributed by atoms with E-state index in [9.17, 15) is 0 Å². The Labute approximate surface area is 99.5 Å². The monoisotopic (exact) mass is 233 g/mol. The minimum atomic E-state index is 0.776. The summed E-state index contributed by atoms with van der Waals surface area (Å²) in [4.78, 5) is 6.53. The fraction of sp³-hybridized carbons (Fsp3) is 0.250. The van der Waals surface area contributed by atoms with Crippen molar-refractivity contribution in [1.82, 2.24) is 4.98 Å². The molecular weight excluding hydrogens is 218 g/mol. The third-order valence-corrected chi connectivity index (χ3v) is 3.48. The molecule has 2 N–H and O–H groups in total. The quantitative estimate of drug-likeness (QED) is 0.867. The third kappa shape index (κ3) is 1.88. The Morgan fingerprint density at radius 1 is 1.25 bits per heavy atom. The van der Waals surface area contributed by atoms with E-state index in [0.29, 0.717) is 0 Å². The van der Waals surface area contributed by atoms with Crippen LogP contribution in [0.25, 0.3) is 11.3 Å². The highest BCUT2D eigenvalue weighted by atomic mass is 32.1. The van der Waals surface area contributed by atoms with Crippen molar-refractivity contribution >= 4 is 21.5 Å². The number of aryl methyl sites for hydroxylation is 1. The summed E-state index contributed by atoms with van der Waals surface area (Å²) in [7, 11) is 3.94. The van der Waals surface area contributed by atoms with E-state index in [1.54, 1.807) is 0 Å². The van der Waals surface area contributed by atoms with Crippen molar-refractivity contribution in [3.63, 3.8) is 0 Å². The first kappa shape index (κ1) is 11.0. The van der Waals surface area contributed by atoms with E-state index in [0.717, 1.165) is 21.4 Å². The lowest BCUT2D eigenvalue weighted by Crippen LogP contribution is -2.07. The first-order valence-corrected chi connectivity index (χ1v) is 5.91. The summed E-state index contributed by atoms with van der Waals surface area (Å²) >= 11 is 1.52. The summed E-state index contributed by atoms with van der Waals surface area (Å²) in [6, 6.07) is 8.16. The van der Waals surface area contributed by atoms with Crippen molar-refractivity contribution in [1.29, 1.82) is 0 Å². The molecule has 1 heterocycles. The molecule has 0 aliphatic rings. The second-order valence-electron chi connectivity index (χ2n) is 3.92. The average molecular weight is 233 g/mol. The topological polar surface area (TPSA) is 42.2 Å². The minimum Gasteiger partial charge on any atom is -0.389 e. The van der Waals surface area contributed by atoms with Crippen LogP contribution < -0.4 is 10.6 Å². The van der Waals surface area contributed by atoms with Gasteiger partial charge in [0.05, 0.1) is 0 Å². The van der Waals surface area contributed by atoms with E-state index in [4.69, 9.17) is 5.73 Å². The number of benzene rings is 1. The van der Waals surface area contributed by atoms with Crippen molar-refractivity contribution in [2.24, 2.45) is 0 Å². The molecule has 0 saturated carbocycles. The summed E-state index contributed by atoms with van der Waals surface area (Å²) in [5, 5.41) is 1.72. The lowest BCUT2D eigenvalue weighted by molar-refractivity contribution is 1.11. The van der Waals surface area contributed by atoms with Crippen molar-refractivity contribution in [2.75, 3.05) is 24.7 Å². The lowest BCUT2D eigenvalue weighted by atomic mass is 10.1. The highest BCUT2D eigenvalue weighted by Crippen LogP contribution is 2.35. The van der Waals surface area contributed by atoms with Gasteiger partial charge in [0, 0.05) is 19.7 Å². The van der Waals surface area contributed by atoms with Gasteiger partial charge in [-0.1, -0.05) is 35.6 Å².